The minimum absolute atomic E-state index is 0.0310. The van der Waals surface area contributed by atoms with Gasteiger partial charge in [-0.15, -0.1) is 0 Å². The minimum atomic E-state index is -0.0310. The molecular weight excluding hydrogens is 246 g/mol. The van der Waals surface area contributed by atoms with Gasteiger partial charge in [-0.05, 0) is 30.2 Å². The number of amides is 1. The van der Waals surface area contributed by atoms with E-state index in [-0.39, 0.29) is 17.4 Å². The van der Waals surface area contributed by atoms with Crippen molar-refractivity contribution in [3.05, 3.63) is 35.9 Å². The molecule has 1 heterocycles. The summed E-state index contributed by atoms with van der Waals surface area (Å²) in [5, 5.41) is 3.24. The number of hydrogen-bond acceptors (Lipinski definition) is 1. The summed E-state index contributed by atoms with van der Waals surface area (Å²) in [6.07, 6.45) is 2.74. The third kappa shape index (κ3) is 3.05. The van der Waals surface area contributed by atoms with Crippen molar-refractivity contribution in [3.8, 4) is 0 Å². The highest BCUT2D eigenvalue weighted by atomic mass is 16.2. The van der Waals surface area contributed by atoms with E-state index < -0.39 is 0 Å². The molecule has 2 atom stereocenters. The molecule has 110 valence electrons. The van der Waals surface area contributed by atoms with Crippen LogP contribution in [0, 0.1) is 11.8 Å². The maximum absolute atomic E-state index is 12.1. The van der Waals surface area contributed by atoms with Crippen LogP contribution in [0.15, 0.2) is 30.3 Å². The molecule has 0 saturated carbocycles. The molecular formula is C18H27NO. The van der Waals surface area contributed by atoms with E-state index in [9.17, 15) is 4.79 Å². The fourth-order valence-corrected chi connectivity index (χ4v) is 3.68. The lowest BCUT2D eigenvalue weighted by atomic mass is 9.67. The van der Waals surface area contributed by atoms with Gasteiger partial charge in [0.25, 0.3) is 0 Å². The zero-order valence-corrected chi connectivity index (χ0v) is 13.1. The molecule has 2 heteroatoms. The summed E-state index contributed by atoms with van der Waals surface area (Å²) < 4.78 is 0. The molecule has 1 aromatic carbocycles. The third-order valence-corrected chi connectivity index (χ3v) is 4.31. The second kappa shape index (κ2) is 5.99. The van der Waals surface area contributed by atoms with Crippen molar-refractivity contribution in [2.75, 3.05) is 0 Å². The molecule has 1 aliphatic rings. The molecule has 1 amide bonds. The smallest absolute Gasteiger partial charge is 0.221 e. The molecule has 1 fully saturated rings. The number of hydrogen-bond donors (Lipinski definition) is 1. The van der Waals surface area contributed by atoms with Gasteiger partial charge in [0.1, 0.15) is 0 Å². The highest BCUT2D eigenvalue weighted by Crippen LogP contribution is 2.43. The Hall–Kier alpha value is -1.31. The van der Waals surface area contributed by atoms with Gasteiger partial charge in [0.2, 0.25) is 5.91 Å². The Morgan fingerprint density at radius 3 is 2.35 bits per heavy atom. The van der Waals surface area contributed by atoms with Crippen LogP contribution in [0.5, 0.6) is 0 Å². The summed E-state index contributed by atoms with van der Waals surface area (Å²) >= 11 is 0. The molecule has 1 aliphatic heterocycles. The Morgan fingerprint density at radius 2 is 1.80 bits per heavy atom. The van der Waals surface area contributed by atoms with E-state index in [4.69, 9.17) is 0 Å². The van der Waals surface area contributed by atoms with Gasteiger partial charge in [-0.25, -0.2) is 0 Å². The van der Waals surface area contributed by atoms with E-state index in [2.05, 4.69) is 57.3 Å². The van der Waals surface area contributed by atoms with Crippen molar-refractivity contribution in [1.29, 1.82) is 0 Å². The van der Waals surface area contributed by atoms with Crippen molar-refractivity contribution in [1.82, 2.24) is 5.32 Å². The van der Waals surface area contributed by atoms with Crippen LogP contribution in [0.2, 0.25) is 0 Å². The maximum atomic E-state index is 12.1. The Morgan fingerprint density at radius 1 is 1.15 bits per heavy atom. The third-order valence-electron chi connectivity index (χ3n) is 4.31. The standard InChI is InChI=1S/C18H27NO/c1-13(2)10-16-18(11-14(3)4,12-17(20)19-16)15-8-6-5-7-9-15/h5-9,13-14,16H,10-12H2,1-4H3,(H,19,20). The predicted molar refractivity (Wildman–Crippen MR) is 83.6 cm³/mol. The van der Waals surface area contributed by atoms with Crippen LogP contribution in [-0.4, -0.2) is 11.9 Å². The lowest BCUT2D eigenvalue weighted by Gasteiger charge is -2.37. The largest absolute Gasteiger partial charge is 0.352 e. The van der Waals surface area contributed by atoms with E-state index in [1.54, 1.807) is 0 Å². The Balaban J connectivity index is 2.41. The van der Waals surface area contributed by atoms with Crippen molar-refractivity contribution in [3.63, 3.8) is 0 Å². The van der Waals surface area contributed by atoms with Gasteiger partial charge in [-0.3, -0.25) is 4.79 Å². The predicted octanol–water partition coefficient (Wildman–Crippen LogP) is 3.91. The minimum Gasteiger partial charge on any atom is -0.352 e. The SMILES string of the molecule is CC(C)CC1NC(=O)CC1(CC(C)C)c1ccccc1. The second-order valence-electron chi connectivity index (χ2n) is 7.05. The van der Waals surface area contributed by atoms with E-state index >= 15 is 0 Å². The van der Waals surface area contributed by atoms with Crippen molar-refractivity contribution >= 4 is 5.91 Å². The molecule has 0 aromatic heterocycles. The number of benzene rings is 1. The molecule has 1 saturated heterocycles. The van der Waals surface area contributed by atoms with Gasteiger partial charge < -0.3 is 5.32 Å². The van der Waals surface area contributed by atoms with Crippen molar-refractivity contribution in [2.24, 2.45) is 11.8 Å². The van der Waals surface area contributed by atoms with Gasteiger partial charge in [-0.2, -0.15) is 0 Å². The molecule has 0 radical (unpaired) electrons. The number of nitrogens with one attached hydrogen (secondary N) is 1. The Bertz CT molecular complexity index is 452. The second-order valence-corrected chi connectivity index (χ2v) is 7.05. The molecule has 0 spiro atoms. The van der Waals surface area contributed by atoms with Crippen LogP contribution in [0.25, 0.3) is 0 Å². The van der Waals surface area contributed by atoms with E-state index in [0.29, 0.717) is 18.3 Å². The Kier molecular flexibility index (Phi) is 4.52. The highest BCUT2D eigenvalue weighted by molar-refractivity contribution is 5.81. The summed E-state index contributed by atoms with van der Waals surface area (Å²) in [5.41, 5.74) is 1.29. The maximum Gasteiger partial charge on any atom is 0.221 e. The number of carbonyl (C=O) groups is 1. The van der Waals surface area contributed by atoms with Crippen LogP contribution < -0.4 is 5.32 Å². The Labute approximate surface area is 123 Å². The summed E-state index contributed by atoms with van der Waals surface area (Å²) in [6.45, 7) is 8.96. The average molecular weight is 273 g/mol. The molecule has 1 N–H and O–H groups in total. The highest BCUT2D eigenvalue weighted by Gasteiger charge is 2.48. The van der Waals surface area contributed by atoms with E-state index in [1.165, 1.54) is 5.56 Å². The van der Waals surface area contributed by atoms with Crippen LogP contribution >= 0.6 is 0 Å². The zero-order valence-electron chi connectivity index (χ0n) is 13.1. The van der Waals surface area contributed by atoms with Crippen LogP contribution in [0.1, 0.15) is 52.5 Å². The zero-order chi connectivity index (χ0) is 14.8. The van der Waals surface area contributed by atoms with Gasteiger partial charge >= 0.3 is 0 Å². The molecule has 20 heavy (non-hydrogen) atoms. The summed E-state index contributed by atoms with van der Waals surface area (Å²) in [4.78, 5) is 12.1. The topological polar surface area (TPSA) is 29.1 Å². The monoisotopic (exact) mass is 273 g/mol. The first-order chi connectivity index (χ1) is 9.44. The van der Waals surface area contributed by atoms with Gasteiger partial charge in [0, 0.05) is 17.9 Å². The van der Waals surface area contributed by atoms with Crippen molar-refractivity contribution < 1.29 is 4.79 Å². The molecule has 2 rings (SSSR count). The molecule has 2 unspecified atom stereocenters. The van der Waals surface area contributed by atoms with Gasteiger partial charge in [0.15, 0.2) is 0 Å². The summed E-state index contributed by atoms with van der Waals surface area (Å²) in [7, 11) is 0. The normalized spacial score (nSPS) is 26.3. The average Bonchev–Trinajstić information content (AvgIpc) is 2.66. The van der Waals surface area contributed by atoms with Gasteiger partial charge in [-0.1, -0.05) is 58.0 Å². The van der Waals surface area contributed by atoms with E-state index in [0.717, 1.165) is 12.8 Å². The van der Waals surface area contributed by atoms with Crippen LogP contribution in [0.3, 0.4) is 0 Å². The lowest BCUT2D eigenvalue weighted by molar-refractivity contribution is -0.119. The van der Waals surface area contributed by atoms with Crippen LogP contribution in [0.4, 0.5) is 0 Å². The van der Waals surface area contributed by atoms with Crippen molar-refractivity contribution in [2.45, 2.75) is 58.4 Å². The molecule has 1 aromatic rings. The first-order valence-corrected chi connectivity index (χ1v) is 7.79. The lowest BCUT2D eigenvalue weighted by Crippen LogP contribution is -2.42. The van der Waals surface area contributed by atoms with E-state index in [1.807, 2.05) is 6.07 Å². The quantitative estimate of drug-likeness (QED) is 0.866. The fourth-order valence-electron chi connectivity index (χ4n) is 3.68. The fraction of sp³-hybridized carbons (Fsp3) is 0.611. The number of carbonyl (C=O) groups excluding carboxylic acids is 1. The first kappa shape index (κ1) is 15.1. The number of rotatable bonds is 5. The van der Waals surface area contributed by atoms with Crippen LogP contribution in [-0.2, 0) is 10.2 Å². The molecule has 0 bridgehead atoms. The molecule has 0 aliphatic carbocycles. The molecule has 2 nitrogen and oxygen atoms in total. The first-order valence-electron chi connectivity index (χ1n) is 7.79. The summed E-state index contributed by atoms with van der Waals surface area (Å²) in [5.74, 6) is 1.38. The summed E-state index contributed by atoms with van der Waals surface area (Å²) in [6, 6.07) is 10.9. The van der Waals surface area contributed by atoms with Gasteiger partial charge in [0.05, 0.1) is 0 Å².